The molecule has 5 unspecified atom stereocenters. The van der Waals surface area contributed by atoms with Gasteiger partial charge >= 0.3 is 0 Å². The molecule has 0 bridgehead atoms. The highest BCUT2D eigenvalue weighted by Gasteiger charge is 2.59. The monoisotopic (exact) mass is 402 g/mol. The third kappa shape index (κ3) is 3.86. The van der Waals surface area contributed by atoms with Gasteiger partial charge in [0, 0.05) is 0 Å². The van der Waals surface area contributed by atoms with Crippen LogP contribution in [0, 0.1) is 40.4 Å². The van der Waals surface area contributed by atoms with Crippen molar-refractivity contribution in [2.75, 3.05) is 0 Å². The van der Waals surface area contributed by atoms with Crippen molar-refractivity contribution in [2.45, 2.75) is 117 Å². The maximum Gasteiger partial charge on any atom is 0.0591 e. The number of aliphatic hydroxyl groups is 2. The van der Waals surface area contributed by atoms with Gasteiger partial charge < -0.3 is 10.2 Å². The predicted octanol–water partition coefficient (Wildman–Crippen LogP) is 6.50. The van der Waals surface area contributed by atoms with E-state index < -0.39 is 5.60 Å². The molecule has 0 radical (unpaired) electrons. The fraction of sp³-hybridized carbons (Fsp3) is 0.926. The quantitative estimate of drug-likeness (QED) is 0.515. The number of rotatable bonds is 5. The molecular weight excluding hydrogens is 356 g/mol. The fourth-order valence-electron chi connectivity index (χ4n) is 8.67. The minimum atomic E-state index is -0.519. The van der Waals surface area contributed by atoms with E-state index in [-0.39, 0.29) is 6.10 Å². The summed E-state index contributed by atoms with van der Waals surface area (Å²) in [6.07, 6.45) is 15.9. The molecule has 29 heavy (non-hydrogen) atoms. The van der Waals surface area contributed by atoms with Crippen molar-refractivity contribution in [3.05, 3.63) is 11.6 Å². The molecule has 4 aliphatic carbocycles. The summed E-state index contributed by atoms with van der Waals surface area (Å²) in [5.41, 5.74) is 1.95. The Hall–Kier alpha value is -0.340. The lowest BCUT2D eigenvalue weighted by Gasteiger charge is -2.58. The summed E-state index contributed by atoms with van der Waals surface area (Å²) in [5.74, 6) is 4.24. The second-order valence-electron chi connectivity index (χ2n) is 12.6. The minimum absolute atomic E-state index is 0.0969. The molecule has 0 aromatic carbocycles. The molecule has 3 saturated carbocycles. The zero-order valence-electron chi connectivity index (χ0n) is 19.7. The Morgan fingerprint density at radius 1 is 1.10 bits per heavy atom. The normalized spacial score (nSPS) is 45.8. The van der Waals surface area contributed by atoms with Crippen LogP contribution >= 0.6 is 0 Å². The Balaban J connectivity index is 1.47. The molecule has 166 valence electrons. The SMILES string of the molecule is C[C@H](CCCC(C)(C)O)C1CC[C@H]2C3CC=C4C[C@@H](O)CCC4(C)C3CCC12C. The molecule has 0 saturated heterocycles. The molecule has 2 N–H and O–H groups in total. The predicted molar refractivity (Wildman–Crippen MR) is 121 cm³/mol. The molecule has 0 aromatic rings. The second kappa shape index (κ2) is 7.66. The van der Waals surface area contributed by atoms with Crippen molar-refractivity contribution in [2.24, 2.45) is 40.4 Å². The highest BCUT2D eigenvalue weighted by atomic mass is 16.3. The largest absolute Gasteiger partial charge is 0.393 e. The van der Waals surface area contributed by atoms with Gasteiger partial charge in [0.05, 0.1) is 11.7 Å². The number of hydrogen-bond donors (Lipinski definition) is 2. The summed E-state index contributed by atoms with van der Waals surface area (Å²) in [5, 5.41) is 20.3. The molecule has 4 rings (SSSR count). The Bertz CT molecular complexity index is 631. The zero-order valence-corrected chi connectivity index (χ0v) is 19.7. The van der Waals surface area contributed by atoms with E-state index in [1.165, 1.54) is 44.9 Å². The average molecular weight is 403 g/mol. The number of hydrogen-bond acceptors (Lipinski definition) is 2. The van der Waals surface area contributed by atoms with Crippen molar-refractivity contribution >= 4 is 0 Å². The van der Waals surface area contributed by atoms with Gasteiger partial charge in [0.1, 0.15) is 0 Å². The van der Waals surface area contributed by atoms with E-state index >= 15 is 0 Å². The van der Waals surface area contributed by atoms with Crippen molar-refractivity contribution in [1.82, 2.24) is 0 Å². The maximum atomic E-state index is 10.2. The molecule has 2 heteroatoms. The molecule has 2 nitrogen and oxygen atoms in total. The summed E-state index contributed by atoms with van der Waals surface area (Å²) in [6, 6.07) is 0. The van der Waals surface area contributed by atoms with Crippen LogP contribution in [0.1, 0.15) is 105 Å². The molecule has 0 spiro atoms. The molecule has 0 heterocycles. The van der Waals surface area contributed by atoms with Crippen LogP contribution in [0.2, 0.25) is 0 Å². The zero-order chi connectivity index (χ0) is 21.0. The van der Waals surface area contributed by atoms with Crippen LogP contribution in [0.25, 0.3) is 0 Å². The molecule has 8 atom stereocenters. The lowest BCUT2D eigenvalue weighted by atomic mass is 9.47. The van der Waals surface area contributed by atoms with E-state index in [0.717, 1.165) is 55.3 Å². The third-order valence-electron chi connectivity index (χ3n) is 10.3. The molecule has 0 amide bonds. The Morgan fingerprint density at radius 3 is 2.59 bits per heavy atom. The van der Waals surface area contributed by atoms with Gasteiger partial charge in [-0.05, 0) is 112 Å². The van der Waals surface area contributed by atoms with Gasteiger partial charge in [-0.3, -0.25) is 0 Å². The van der Waals surface area contributed by atoms with Crippen LogP contribution in [0.3, 0.4) is 0 Å². The van der Waals surface area contributed by atoms with Gasteiger partial charge in [-0.15, -0.1) is 0 Å². The van der Waals surface area contributed by atoms with E-state index in [2.05, 4.69) is 26.8 Å². The first-order chi connectivity index (χ1) is 13.5. The third-order valence-corrected chi connectivity index (χ3v) is 10.3. The Labute approximate surface area is 179 Å². The number of fused-ring (bicyclic) bond motifs is 5. The summed E-state index contributed by atoms with van der Waals surface area (Å²) in [7, 11) is 0. The minimum Gasteiger partial charge on any atom is -0.393 e. The summed E-state index contributed by atoms with van der Waals surface area (Å²) in [6.45, 7) is 11.6. The smallest absolute Gasteiger partial charge is 0.0591 e. The van der Waals surface area contributed by atoms with Crippen molar-refractivity contribution in [1.29, 1.82) is 0 Å². The lowest BCUT2D eigenvalue weighted by molar-refractivity contribution is -0.0575. The fourth-order valence-corrected chi connectivity index (χ4v) is 8.67. The van der Waals surface area contributed by atoms with Crippen molar-refractivity contribution in [3.8, 4) is 0 Å². The molecular formula is C27H46O2. The highest BCUT2D eigenvalue weighted by molar-refractivity contribution is 5.25. The van der Waals surface area contributed by atoms with Gasteiger partial charge in [0.2, 0.25) is 0 Å². The second-order valence-corrected chi connectivity index (χ2v) is 12.6. The van der Waals surface area contributed by atoms with Crippen LogP contribution in [0.15, 0.2) is 11.6 Å². The van der Waals surface area contributed by atoms with Crippen LogP contribution in [0.5, 0.6) is 0 Å². The van der Waals surface area contributed by atoms with E-state index in [1.807, 2.05) is 13.8 Å². The van der Waals surface area contributed by atoms with Gasteiger partial charge in [0.25, 0.3) is 0 Å². The van der Waals surface area contributed by atoms with Gasteiger partial charge in [-0.2, -0.15) is 0 Å². The first-order valence-electron chi connectivity index (χ1n) is 12.6. The van der Waals surface area contributed by atoms with E-state index in [0.29, 0.717) is 10.8 Å². The molecule has 0 aromatic heterocycles. The molecule has 4 aliphatic rings. The van der Waals surface area contributed by atoms with Crippen LogP contribution in [-0.2, 0) is 0 Å². The van der Waals surface area contributed by atoms with E-state index in [4.69, 9.17) is 0 Å². The molecule has 3 fully saturated rings. The van der Waals surface area contributed by atoms with Gasteiger partial charge in [-0.25, -0.2) is 0 Å². The van der Waals surface area contributed by atoms with Gasteiger partial charge in [0.15, 0.2) is 0 Å². The number of aliphatic hydroxyl groups excluding tert-OH is 1. The van der Waals surface area contributed by atoms with Crippen LogP contribution in [0.4, 0.5) is 0 Å². The summed E-state index contributed by atoms with van der Waals surface area (Å²) in [4.78, 5) is 0. The first kappa shape index (κ1) is 21.9. The van der Waals surface area contributed by atoms with Crippen molar-refractivity contribution < 1.29 is 10.2 Å². The van der Waals surface area contributed by atoms with Gasteiger partial charge in [-0.1, -0.05) is 45.3 Å². The molecule has 0 aliphatic heterocycles. The maximum absolute atomic E-state index is 10.2. The average Bonchev–Trinajstić information content (AvgIpc) is 2.98. The standard InChI is InChI=1S/C27H46O2/c1-18(7-6-14-25(2,3)29)22-10-11-23-21-9-8-19-17-20(28)12-15-26(19,4)24(21)13-16-27(22,23)5/h8,18,20-24,28-29H,6-7,9-17H2,1-5H3/t18-,20+,21?,22?,23+,24?,26?,27?/m1/s1. The first-order valence-corrected chi connectivity index (χ1v) is 12.6. The lowest BCUT2D eigenvalue weighted by Crippen LogP contribution is -2.50. The van der Waals surface area contributed by atoms with Crippen LogP contribution in [-0.4, -0.2) is 21.9 Å². The van der Waals surface area contributed by atoms with E-state index in [1.54, 1.807) is 5.57 Å². The van der Waals surface area contributed by atoms with E-state index in [9.17, 15) is 10.2 Å². The summed E-state index contributed by atoms with van der Waals surface area (Å²) < 4.78 is 0. The van der Waals surface area contributed by atoms with Crippen molar-refractivity contribution in [3.63, 3.8) is 0 Å². The highest BCUT2D eigenvalue weighted by Crippen LogP contribution is 2.67. The summed E-state index contributed by atoms with van der Waals surface area (Å²) >= 11 is 0. The topological polar surface area (TPSA) is 40.5 Å². The Morgan fingerprint density at radius 2 is 1.86 bits per heavy atom. The van der Waals surface area contributed by atoms with Crippen LogP contribution < -0.4 is 0 Å². The Kier molecular flexibility index (Phi) is 5.78. The number of allylic oxidation sites excluding steroid dienone is 1.